The summed E-state index contributed by atoms with van der Waals surface area (Å²) < 4.78 is 12.2. The first kappa shape index (κ1) is 63.4. The second-order valence-corrected chi connectivity index (χ2v) is 20.7. The smallest absolute Gasteiger partial charge is 0.328 e. The van der Waals surface area contributed by atoms with E-state index in [9.17, 15) is 29.7 Å². The third kappa shape index (κ3) is 28.0. The van der Waals surface area contributed by atoms with Gasteiger partial charge in [-0.1, -0.05) is 180 Å². The molecule has 0 aliphatic heterocycles. The zero-order valence-corrected chi connectivity index (χ0v) is 46.3. The number of aromatic amines is 1. The molecule has 0 saturated heterocycles. The van der Waals surface area contributed by atoms with Gasteiger partial charge in [0, 0.05) is 26.1 Å². The average Bonchev–Trinajstić information content (AvgIpc) is 3.68. The number of rotatable bonds is 46. The minimum absolute atomic E-state index is 0.0685. The summed E-state index contributed by atoms with van der Waals surface area (Å²) in [5.74, 6) is -0.403. The fraction of sp³-hybridized carbons (Fsp3) is 0.776. The third-order valence-corrected chi connectivity index (χ3v) is 13.9. The fourth-order valence-electron chi connectivity index (χ4n) is 9.59. The van der Waals surface area contributed by atoms with Crippen LogP contribution in [0, 0.1) is 0 Å². The second kappa shape index (κ2) is 39.5. The quantitative estimate of drug-likeness (QED) is 0.0266. The van der Waals surface area contributed by atoms with Crippen molar-refractivity contribution in [3.8, 4) is 6.01 Å². The van der Waals surface area contributed by atoms with Crippen molar-refractivity contribution in [2.45, 2.75) is 239 Å². The Morgan fingerprint density at radius 2 is 1.15 bits per heavy atom. The van der Waals surface area contributed by atoms with Crippen LogP contribution in [0.4, 0.5) is 5.82 Å². The second-order valence-electron chi connectivity index (χ2n) is 20.7. The molecule has 2 aromatic heterocycles. The number of carbonyl (C=O) groups excluding carboxylic acids is 2. The minimum Gasteiger partial charge on any atom is -0.469 e. The van der Waals surface area contributed by atoms with E-state index in [1.165, 1.54) is 88.7 Å². The summed E-state index contributed by atoms with van der Waals surface area (Å²) in [5, 5.41) is 36.5. The number of esters is 1. The number of aromatic nitrogens is 4. The first-order valence-corrected chi connectivity index (χ1v) is 29.1. The van der Waals surface area contributed by atoms with E-state index in [0.29, 0.717) is 43.8 Å². The van der Waals surface area contributed by atoms with Crippen molar-refractivity contribution in [3.05, 3.63) is 45.9 Å². The monoisotopic (exact) mass is 1020 g/mol. The van der Waals surface area contributed by atoms with E-state index in [1.54, 1.807) is 0 Å². The van der Waals surface area contributed by atoms with E-state index in [2.05, 4.69) is 57.8 Å². The first-order chi connectivity index (χ1) is 35.5. The lowest BCUT2D eigenvalue weighted by Gasteiger charge is -2.30. The normalized spacial score (nSPS) is 13.0. The van der Waals surface area contributed by atoms with Gasteiger partial charge >= 0.3 is 17.7 Å². The predicted molar refractivity (Wildman–Crippen MR) is 296 cm³/mol. The Balaban J connectivity index is 1.65. The number of ether oxygens (including phenoxy) is 2. The summed E-state index contributed by atoms with van der Waals surface area (Å²) >= 11 is 0. The Morgan fingerprint density at radius 3 is 1.73 bits per heavy atom. The Bertz CT molecular complexity index is 1930. The van der Waals surface area contributed by atoms with Gasteiger partial charge in [-0.3, -0.25) is 19.1 Å². The molecular weight excluding hydrogens is 923 g/mol. The fourth-order valence-corrected chi connectivity index (χ4v) is 9.59. The maximum Gasteiger partial charge on any atom is 0.328 e. The molecule has 0 aliphatic rings. The number of methoxy groups -OCH3 is 1. The number of carbonyl (C=O) groups is 2. The number of H-pyrrole nitrogens is 1. The standard InChI is InChI=1S/C58H101N7O8/c1-6-10-14-17-20-24-33-49(66)44-63(38-30-39-64(45-50(67)34-25-21-18-15-11-7-2)46-51(68)35-26-22-19-16-12-8-3)37-28-23-27-36-52(69)59-55-54-56(62-57(61-55)73-40-13-9-4)65(58(71)60-54)43-48-32-29-31-47(41-48)42-53(70)72-5/h29,31-32,41,49-51,66-68H,6-28,30,33-40,42-46H2,1-5H3,(H,60,71)(H,59,61,62,69). The number of amides is 1. The van der Waals surface area contributed by atoms with Crippen LogP contribution in [0.15, 0.2) is 29.1 Å². The van der Waals surface area contributed by atoms with E-state index >= 15 is 0 Å². The summed E-state index contributed by atoms with van der Waals surface area (Å²) in [6, 6.07) is 7.46. The van der Waals surface area contributed by atoms with Gasteiger partial charge in [0.2, 0.25) is 5.91 Å². The Kier molecular flexibility index (Phi) is 34.3. The van der Waals surface area contributed by atoms with Crippen molar-refractivity contribution in [1.82, 2.24) is 29.3 Å². The molecule has 5 N–H and O–H groups in total. The summed E-state index contributed by atoms with van der Waals surface area (Å²) in [5.41, 5.74) is 1.74. The molecule has 416 valence electrons. The van der Waals surface area contributed by atoms with Crippen LogP contribution >= 0.6 is 0 Å². The molecule has 73 heavy (non-hydrogen) atoms. The highest BCUT2D eigenvalue weighted by Crippen LogP contribution is 2.23. The number of anilines is 1. The maximum absolute atomic E-state index is 13.5. The van der Waals surface area contributed by atoms with Crippen molar-refractivity contribution in [2.75, 3.05) is 58.3 Å². The zero-order chi connectivity index (χ0) is 52.9. The number of fused-ring (bicyclic) bond motifs is 1. The summed E-state index contributed by atoms with van der Waals surface area (Å²) in [7, 11) is 1.35. The van der Waals surface area contributed by atoms with Gasteiger partial charge < -0.3 is 40.0 Å². The van der Waals surface area contributed by atoms with Gasteiger partial charge in [0.1, 0.15) is 5.52 Å². The lowest BCUT2D eigenvalue weighted by molar-refractivity contribution is -0.139. The SMILES string of the molecule is CCCCCCCCC(O)CN(CCCCCC(=O)Nc1nc(OCCCC)nc2c1[nH]c(=O)n2Cc1cccc(CC(=O)OC)c1)CCCN(CC(O)CCCCCCCC)CC(O)CCCCCCCC. The van der Waals surface area contributed by atoms with Crippen molar-refractivity contribution >= 4 is 28.9 Å². The largest absolute Gasteiger partial charge is 0.469 e. The molecule has 3 atom stereocenters. The highest BCUT2D eigenvalue weighted by Gasteiger charge is 2.21. The van der Waals surface area contributed by atoms with Crippen LogP contribution in [0.3, 0.4) is 0 Å². The van der Waals surface area contributed by atoms with Crippen molar-refractivity contribution in [2.24, 2.45) is 0 Å². The number of imidazole rings is 1. The van der Waals surface area contributed by atoms with Crippen LogP contribution in [0.25, 0.3) is 11.2 Å². The number of unbranched alkanes of at least 4 members (excludes halogenated alkanes) is 18. The van der Waals surface area contributed by atoms with Gasteiger partial charge in [0.25, 0.3) is 0 Å². The molecule has 15 heteroatoms. The molecule has 0 bridgehead atoms. The molecule has 0 radical (unpaired) electrons. The van der Waals surface area contributed by atoms with Crippen molar-refractivity contribution in [1.29, 1.82) is 0 Å². The number of nitrogens with one attached hydrogen (secondary N) is 2. The van der Waals surface area contributed by atoms with E-state index in [0.717, 1.165) is 121 Å². The predicted octanol–water partition coefficient (Wildman–Crippen LogP) is 10.9. The van der Waals surface area contributed by atoms with Gasteiger partial charge in [-0.2, -0.15) is 9.97 Å². The van der Waals surface area contributed by atoms with Crippen LogP contribution < -0.4 is 15.7 Å². The molecule has 3 aromatic rings. The molecular formula is C58H101N7O8. The summed E-state index contributed by atoms with van der Waals surface area (Å²) in [6.45, 7) is 13.4. The number of aliphatic hydroxyl groups excluding tert-OH is 3. The van der Waals surface area contributed by atoms with Gasteiger partial charge in [0.15, 0.2) is 11.5 Å². The third-order valence-electron chi connectivity index (χ3n) is 13.9. The van der Waals surface area contributed by atoms with Gasteiger partial charge in [-0.15, -0.1) is 0 Å². The van der Waals surface area contributed by atoms with Gasteiger partial charge in [-0.05, 0) is 75.7 Å². The highest BCUT2D eigenvalue weighted by molar-refractivity contribution is 5.97. The molecule has 3 rings (SSSR count). The van der Waals surface area contributed by atoms with Crippen molar-refractivity contribution < 1.29 is 34.4 Å². The van der Waals surface area contributed by atoms with E-state index in [4.69, 9.17) is 9.47 Å². The van der Waals surface area contributed by atoms with Crippen LogP contribution in [0.1, 0.15) is 219 Å². The van der Waals surface area contributed by atoms with Gasteiger partial charge in [0.05, 0.1) is 45.0 Å². The lowest BCUT2D eigenvalue weighted by atomic mass is 10.1. The van der Waals surface area contributed by atoms with E-state index in [-0.39, 0.29) is 43.1 Å². The minimum atomic E-state index is -0.417. The molecule has 0 spiro atoms. The van der Waals surface area contributed by atoms with Crippen molar-refractivity contribution in [3.63, 3.8) is 0 Å². The molecule has 3 unspecified atom stereocenters. The molecule has 1 amide bonds. The highest BCUT2D eigenvalue weighted by atomic mass is 16.5. The van der Waals surface area contributed by atoms with Crippen LogP contribution in [-0.4, -0.2) is 128 Å². The number of hydrogen-bond donors (Lipinski definition) is 5. The van der Waals surface area contributed by atoms with Crippen LogP contribution in [0.5, 0.6) is 6.01 Å². The number of nitrogens with zero attached hydrogens (tertiary/aromatic N) is 5. The Morgan fingerprint density at radius 1 is 0.644 bits per heavy atom. The average molecular weight is 1020 g/mol. The Hall–Kier alpha value is -3.89. The molecule has 1 aromatic carbocycles. The zero-order valence-electron chi connectivity index (χ0n) is 46.3. The van der Waals surface area contributed by atoms with E-state index < -0.39 is 24.0 Å². The number of aliphatic hydroxyl groups is 3. The molecule has 0 fully saturated rings. The molecule has 0 saturated carbocycles. The topological polar surface area (TPSA) is 195 Å². The molecule has 15 nitrogen and oxygen atoms in total. The first-order valence-electron chi connectivity index (χ1n) is 29.1. The number of hydrogen-bond acceptors (Lipinski definition) is 12. The maximum atomic E-state index is 13.5. The van der Waals surface area contributed by atoms with E-state index in [1.807, 2.05) is 24.3 Å². The van der Waals surface area contributed by atoms with Crippen LogP contribution in [0.2, 0.25) is 0 Å². The number of benzene rings is 1. The van der Waals surface area contributed by atoms with Gasteiger partial charge in [-0.25, -0.2) is 4.79 Å². The molecule has 2 heterocycles. The summed E-state index contributed by atoms with van der Waals surface area (Å²) in [4.78, 5) is 55.5. The summed E-state index contributed by atoms with van der Waals surface area (Å²) in [6.07, 6.45) is 27.7. The Labute approximate surface area is 440 Å². The molecule has 0 aliphatic carbocycles. The lowest BCUT2D eigenvalue weighted by Crippen LogP contribution is -2.40. The van der Waals surface area contributed by atoms with Crippen LogP contribution in [-0.2, 0) is 27.3 Å².